The standard InChI is InChI=1S/C20H25FN2O4S2/c1-15-4-8-19(9-5-15)28(24,25)22-12-17(3)23(14-18(21)13-22)29(26,27)20-10-6-16(2)7-11-20/h4-11,17-18H,12-14H2,1-3H3. The lowest BCUT2D eigenvalue weighted by Crippen LogP contribution is -2.44. The number of nitrogens with zero attached hydrogens (tertiary/aromatic N) is 2. The van der Waals surface area contributed by atoms with E-state index in [-0.39, 0.29) is 22.9 Å². The van der Waals surface area contributed by atoms with Crippen molar-refractivity contribution in [2.45, 2.75) is 42.8 Å². The SMILES string of the molecule is Cc1ccc(S(=O)(=O)N2CC(F)CN(S(=O)(=O)c3ccc(C)cc3)C(C)C2)cc1. The van der Waals surface area contributed by atoms with Crippen LogP contribution in [0.2, 0.25) is 0 Å². The molecule has 0 saturated carbocycles. The van der Waals surface area contributed by atoms with E-state index >= 15 is 0 Å². The fourth-order valence-corrected chi connectivity index (χ4v) is 6.55. The molecule has 6 nitrogen and oxygen atoms in total. The molecule has 0 aromatic heterocycles. The zero-order valence-electron chi connectivity index (χ0n) is 16.6. The number of sulfonamides is 2. The Morgan fingerprint density at radius 1 is 0.759 bits per heavy atom. The lowest BCUT2D eigenvalue weighted by Gasteiger charge is -2.28. The van der Waals surface area contributed by atoms with Gasteiger partial charge in [0.1, 0.15) is 6.17 Å². The van der Waals surface area contributed by atoms with Crippen LogP contribution in [0.15, 0.2) is 58.3 Å². The third-order valence-electron chi connectivity index (χ3n) is 5.03. The van der Waals surface area contributed by atoms with Crippen LogP contribution in [-0.2, 0) is 20.0 Å². The molecule has 2 aromatic rings. The highest BCUT2D eigenvalue weighted by Crippen LogP contribution is 2.26. The number of alkyl halides is 1. The van der Waals surface area contributed by atoms with Crippen molar-refractivity contribution in [2.75, 3.05) is 19.6 Å². The Morgan fingerprint density at radius 2 is 1.21 bits per heavy atom. The van der Waals surface area contributed by atoms with Crippen LogP contribution in [-0.4, -0.2) is 57.3 Å². The molecule has 1 fully saturated rings. The third kappa shape index (κ3) is 4.53. The second-order valence-corrected chi connectivity index (χ2v) is 11.3. The number of hydrogen-bond donors (Lipinski definition) is 0. The van der Waals surface area contributed by atoms with Gasteiger partial charge in [-0.15, -0.1) is 0 Å². The molecule has 2 aromatic carbocycles. The summed E-state index contributed by atoms with van der Waals surface area (Å²) in [6.45, 7) is 4.38. The Bertz CT molecular complexity index is 1070. The Labute approximate surface area is 172 Å². The molecule has 1 aliphatic rings. The molecule has 0 spiro atoms. The molecule has 1 heterocycles. The molecule has 2 unspecified atom stereocenters. The molecule has 0 aliphatic carbocycles. The first-order valence-corrected chi connectivity index (χ1v) is 12.2. The molecule has 9 heteroatoms. The van der Waals surface area contributed by atoms with Gasteiger partial charge in [-0.05, 0) is 45.0 Å². The van der Waals surface area contributed by atoms with Crippen molar-refractivity contribution in [1.82, 2.24) is 8.61 Å². The van der Waals surface area contributed by atoms with Gasteiger partial charge in [0.15, 0.2) is 0 Å². The second kappa shape index (κ2) is 8.14. The normalized spacial score (nSPS) is 22.3. The highest BCUT2D eigenvalue weighted by atomic mass is 32.2. The van der Waals surface area contributed by atoms with Gasteiger partial charge in [-0.25, -0.2) is 21.2 Å². The van der Waals surface area contributed by atoms with Crippen LogP contribution in [0, 0.1) is 13.8 Å². The van der Waals surface area contributed by atoms with E-state index < -0.39 is 38.8 Å². The maximum Gasteiger partial charge on any atom is 0.243 e. The van der Waals surface area contributed by atoms with Crippen LogP contribution in [0.1, 0.15) is 18.1 Å². The van der Waals surface area contributed by atoms with Crippen molar-refractivity contribution in [3.8, 4) is 0 Å². The molecule has 2 atom stereocenters. The number of halogens is 1. The molecule has 0 amide bonds. The van der Waals surface area contributed by atoms with Crippen molar-refractivity contribution >= 4 is 20.0 Å². The first kappa shape index (κ1) is 21.9. The molecule has 0 bridgehead atoms. The summed E-state index contributed by atoms with van der Waals surface area (Å²) < 4.78 is 68.9. The van der Waals surface area contributed by atoms with Crippen LogP contribution >= 0.6 is 0 Å². The highest BCUT2D eigenvalue weighted by molar-refractivity contribution is 7.89. The average Bonchev–Trinajstić information content (AvgIpc) is 2.81. The van der Waals surface area contributed by atoms with Crippen LogP contribution in [0.4, 0.5) is 4.39 Å². The van der Waals surface area contributed by atoms with E-state index in [0.717, 1.165) is 19.7 Å². The monoisotopic (exact) mass is 440 g/mol. The van der Waals surface area contributed by atoms with Crippen LogP contribution in [0.3, 0.4) is 0 Å². The van der Waals surface area contributed by atoms with Gasteiger partial charge in [-0.1, -0.05) is 35.4 Å². The van der Waals surface area contributed by atoms with E-state index in [1.165, 1.54) is 24.3 Å². The van der Waals surface area contributed by atoms with Gasteiger partial charge in [0.05, 0.1) is 9.79 Å². The van der Waals surface area contributed by atoms with Gasteiger partial charge < -0.3 is 0 Å². The molecule has 1 aliphatic heterocycles. The molecule has 3 rings (SSSR count). The fourth-order valence-electron chi connectivity index (χ4n) is 3.35. The number of benzene rings is 2. The highest BCUT2D eigenvalue weighted by Gasteiger charge is 2.39. The van der Waals surface area contributed by atoms with Gasteiger partial charge in [0, 0.05) is 25.7 Å². The molecule has 0 N–H and O–H groups in total. The van der Waals surface area contributed by atoms with E-state index in [1.807, 2.05) is 13.8 Å². The smallest absolute Gasteiger partial charge is 0.243 e. The van der Waals surface area contributed by atoms with Crippen LogP contribution in [0.5, 0.6) is 0 Å². The number of aryl methyl sites for hydroxylation is 2. The molecule has 0 radical (unpaired) electrons. The summed E-state index contributed by atoms with van der Waals surface area (Å²) >= 11 is 0. The maximum atomic E-state index is 14.7. The summed E-state index contributed by atoms with van der Waals surface area (Å²) in [5.74, 6) is 0. The van der Waals surface area contributed by atoms with Gasteiger partial charge in [-0.2, -0.15) is 8.61 Å². The quantitative estimate of drug-likeness (QED) is 0.733. The van der Waals surface area contributed by atoms with Gasteiger partial charge in [-0.3, -0.25) is 0 Å². The summed E-state index contributed by atoms with van der Waals surface area (Å²) in [5.41, 5.74) is 1.82. The van der Waals surface area contributed by atoms with Crippen molar-refractivity contribution in [2.24, 2.45) is 0 Å². The molecular weight excluding hydrogens is 415 g/mol. The van der Waals surface area contributed by atoms with E-state index in [2.05, 4.69) is 0 Å². The van der Waals surface area contributed by atoms with Gasteiger partial charge >= 0.3 is 0 Å². The second-order valence-electron chi connectivity index (χ2n) is 7.47. The summed E-state index contributed by atoms with van der Waals surface area (Å²) in [6.07, 6.45) is -1.64. The largest absolute Gasteiger partial charge is 0.245 e. The minimum Gasteiger partial charge on any atom is -0.245 e. The minimum absolute atomic E-state index is 0.0667. The van der Waals surface area contributed by atoms with E-state index in [9.17, 15) is 21.2 Å². The summed E-state index contributed by atoms with van der Waals surface area (Å²) in [5, 5.41) is 0. The number of rotatable bonds is 4. The Hall–Kier alpha value is -1.81. The van der Waals surface area contributed by atoms with Gasteiger partial charge in [0.25, 0.3) is 0 Å². The Morgan fingerprint density at radius 3 is 1.69 bits per heavy atom. The molecule has 29 heavy (non-hydrogen) atoms. The molecule has 1 saturated heterocycles. The van der Waals surface area contributed by atoms with Crippen molar-refractivity contribution < 1.29 is 21.2 Å². The summed E-state index contributed by atoms with van der Waals surface area (Å²) in [7, 11) is -7.89. The van der Waals surface area contributed by atoms with Gasteiger partial charge in [0.2, 0.25) is 20.0 Å². The van der Waals surface area contributed by atoms with Crippen LogP contribution in [0.25, 0.3) is 0 Å². The van der Waals surface area contributed by atoms with E-state index in [4.69, 9.17) is 0 Å². The predicted octanol–water partition coefficient (Wildman–Crippen LogP) is 2.73. The third-order valence-corrected chi connectivity index (χ3v) is 8.87. The van der Waals surface area contributed by atoms with E-state index in [1.54, 1.807) is 31.2 Å². The van der Waals surface area contributed by atoms with E-state index in [0.29, 0.717) is 0 Å². The van der Waals surface area contributed by atoms with Crippen molar-refractivity contribution in [3.05, 3.63) is 59.7 Å². The zero-order valence-corrected chi connectivity index (χ0v) is 18.2. The number of hydrogen-bond acceptors (Lipinski definition) is 4. The predicted molar refractivity (Wildman–Crippen MR) is 109 cm³/mol. The maximum absolute atomic E-state index is 14.7. The van der Waals surface area contributed by atoms with Crippen LogP contribution < -0.4 is 0 Å². The Kier molecular flexibility index (Phi) is 6.14. The first-order chi connectivity index (χ1) is 13.5. The lowest BCUT2D eigenvalue weighted by atomic mass is 10.2. The summed E-state index contributed by atoms with van der Waals surface area (Å²) in [6, 6.07) is 11.9. The lowest BCUT2D eigenvalue weighted by molar-refractivity contribution is 0.256. The molecule has 158 valence electrons. The zero-order chi connectivity index (χ0) is 21.4. The average molecular weight is 441 g/mol. The Balaban J connectivity index is 1.91. The van der Waals surface area contributed by atoms with Crippen molar-refractivity contribution in [1.29, 1.82) is 0 Å². The topological polar surface area (TPSA) is 74.8 Å². The summed E-state index contributed by atoms with van der Waals surface area (Å²) in [4.78, 5) is 0.134. The minimum atomic E-state index is -3.95. The molecular formula is C20H25FN2O4S2. The first-order valence-electron chi connectivity index (χ1n) is 9.31. The fraction of sp³-hybridized carbons (Fsp3) is 0.400. The van der Waals surface area contributed by atoms with Crippen molar-refractivity contribution in [3.63, 3.8) is 0 Å².